The van der Waals surface area contributed by atoms with Gasteiger partial charge in [-0.15, -0.1) is 0 Å². The molecule has 1 atom stereocenters. The van der Waals surface area contributed by atoms with E-state index < -0.39 is 11.2 Å². The number of hydrogen-bond acceptors (Lipinski definition) is 5. The number of nitrogens with zero attached hydrogens (tertiary/aromatic N) is 1. The van der Waals surface area contributed by atoms with Crippen molar-refractivity contribution in [2.45, 2.75) is 59.7 Å². The van der Waals surface area contributed by atoms with Crippen molar-refractivity contribution in [2.24, 2.45) is 5.41 Å². The van der Waals surface area contributed by atoms with Gasteiger partial charge in [-0.05, 0) is 55.8 Å². The second kappa shape index (κ2) is 11.7. The van der Waals surface area contributed by atoms with Gasteiger partial charge in [0.05, 0.1) is 6.61 Å². The van der Waals surface area contributed by atoms with Gasteiger partial charge in [-0.2, -0.15) is 0 Å². The monoisotopic (exact) mass is 417 g/mol. The first-order valence-electron chi connectivity index (χ1n) is 10.6. The lowest BCUT2D eigenvalue weighted by Crippen LogP contribution is -2.29. The maximum atomic E-state index is 11.5. The van der Waals surface area contributed by atoms with Crippen molar-refractivity contribution < 1.29 is 9.47 Å². The summed E-state index contributed by atoms with van der Waals surface area (Å²) in [5, 5.41) is 3.55. The summed E-state index contributed by atoms with van der Waals surface area (Å²) in [6.07, 6.45) is 4.45. The summed E-state index contributed by atoms with van der Waals surface area (Å²) in [4.78, 5) is 24.8. The van der Waals surface area contributed by atoms with E-state index in [-0.39, 0.29) is 18.2 Å². The van der Waals surface area contributed by atoms with E-state index in [0.717, 1.165) is 31.6 Å². The molecule has 7 nitrogen and oxygen atoms in total. The minimum atomic E-state index is -0.450. The molecule has 1 aromatic heterocycles. The van der Waals surface area contributed by atoms with Crippen LogP contribution in [0, 0.1) is 5.41 Å². The minimum Gasteiger partial charge on any atom is -0.493 e. The maximum absolute atomic E-state index is 11.5. The predicted molar refractivity (Wildman–Crippen MR) is 119 cm³/mol. The molecule has 0 bridgehead atoms. The first-order chi connectivity index (χ1) is 14.2. The third-order valence-electron chi connectivity index (χ3n) is 4.57. The molecule has 0 spiro atoms. The van der Waals surface area contributed by atoms with E-state index in [2.05, 4.69) is 50.1 Å². The zero-order valence-corrected chi connectivity index (χ0v) is 18.6. The topological polar surface area (TPSA) is 85.4 Å². The molecule has 1 heterocycles. The van der Waals surface area contributed by atoms with Crippen molar-refractivity contribution in [1.29, 1.82) is 0 Å². The number of H-pyrrole nitrogens is 1. The van der Waals surface area contributed by atoms with Crippen LogP contribution in [0.25, 0.3) is 0 Å². The van der Waals surface area contributed by atoms with Crippen molar-refractivity contribution in [1.82, 2.24) is 14.9 Å². The Morgan fingerprint density at radius 1 is 1.13 bits per heavy atom. The summed E-state index contributed by atoms with van der Waals surface area (Å²) in [5.41, 5.74) is 0.506. The van der Waals surface area contributed by atoms with Gasteiger partial charge in [0, 0.05) is 24.9 Å². The molecule has 0 aliphatic rings. The molecule has 0 unspecified atom stereocenters. The third-order valence-corrected chi connectivity index (χ3v) is 4.57. The van der Waals surface area contributed by atoms with Crippen molar-refractivity contribution in [3.8, 4) is 5.75 Å². The molecular weight excluding hydrogens is 382 g/mol. The van der Waals surface area contributed by atoms with E-state index in [4.69, 9.17) is 9.47 Å². The van der Waals surface area contributed by atoms with Gasteiger partial charge in [0.2, 0.25) is 0 Å². The average Bonchev–Trinajstić information content (AvgIpc) is 2.69. The first kappa shape index (κ1) is 23.9. The number of aromatic nitrogens is 2. The van der Waals surface area contributed by atoms with E-state index >= 15 is 0 Å². The van der Waals surface area contributed by atoms with E-state index in [1.54, 1.807) is 0 Å². The molecule has 0 aliphatic heterocycles. The van der Waals surface area contributed by atoms with Gasteiger partial charge in [0.15, 0.2) is 0 Å². The van der Waals surface area contributed by atoms with Gasteiger partial charge >= 0.3 is 5.69 Å². The molecular formula is C23H35N3O4. The molecule has 0 fully saturated rings. The molecule has 0 radical (unpaired) electrons. The molecule has 1 aromatic carbocycles. The SMILES string of the molecule is C[C@@H](NCCCCCOCn1ccc(=O)[nH]c1=O)c1cccc(OCC(C)(C)C)c1. The van der Waals surface area contributed by atoms with Gasteiger partial charge in [0.1, 0.15) is 12.5 Å². The lowest BCUT2D eigenvalue weighted by molar-refractivity contribution is 0.0707. The third kappa shape index (κ3) is 8.97. The number of rotatable bonds is 12. The standard InChI is InChI=1S/C23H35N3O4/c1-18(19-9-8-10-20(15-19)30-16-23(2,3)4)24-12-6-5-7-14-29-17-26-13-11-21(27)25-22(26)28/h8-11,13,15,18,24H,5-7,12,14,16-17H2,1-4H3,(H,25,27,28)/t18-/m1/s1. The summed E-state index contributed by atoms with van der Waals surface area (Å²) in [5.74, 6) is 0.912. The van der Waals surface area contributed by atoms with Crippen LogP contribution in [0.15, 0.2) is 46.1 Å². The van der Waals surface area contributed by atoms with Crippen molar-refractivity contribution in [3.05, 3.63) is 62.9 Å². The Morgan fingerprint density at radius 3 is 2.67 bits per heavy atom. The van der Waals surface area contributed by atoms with Crippen molar-refractivity contribution >= 4 is 0 Å². The molecule has 166 valence electrons. The molecule has 7 heteroatoms. The van der Waals surface area contributed by atoms with Crippen LogP contribution in [-0.2, 0) is 11.5 Å². The number of nitrogens with one attached hydrogen (secondary N) is 2. The average molecular weight is 418 g/mol. The number of aromatic amines is 1. The Balaban J connectivity index is 1.60. The van der Waals surface area contributed by atoms with E-state index in [1.807, 2.05) is 12.1 Å². The number of hydrogen-bond donors (Lipinski definition) is 2. The van der Waals surface area contributed by atoms with Crippen LogP contribution in [-0.4, -0.2) is 29.3 Å². The first-order valence-corrected chi connectivity index (χ1v) is 10.6. The number of benzene rings is 1. The summed E-state index contributed by atoms with van der Waals surface area (Å²) >= 11 is 0. The van der Waals surface area contributed by atoms with E-state index in [0.29, 0.717) is 13.2 Å². The molecule has 30 heavy (non-hydrogen) atoms. The lowest BCUT2D eigenvalue weighted by Gasteiger charge is -2.20. The Morgan fingerprint density at radius 2 is 1.93 bits per heavy atom. The smallest absolute Gasteiger partial charge is 0.330 e. The van der Waals surface area contributed by atoms with Gasteiger partial charge < -0.3 is 14.8 Å². The quantitative estimate of drug-likeness (QED) is 0.517. The molecule has 2 N–H and O–H groups in total. The summed E-state index contributed by atoms with van der Waals surface area (Å²) in [6, 6.07) is 9.83. The summed E-state index contributed by atoms with van der Waals surface area (Å²) in [7, 11) is 0. The van der Waals surface area contributed by atoms with Crippen LogP contribution < -0.4 is 21.3 Å². The van der Waals surface area contributed by atoms with Crippen LogP contribution in [0.1, 0.15) is 58.6 Å². The number of ether oxygens (including phenoxy) is 2. The molecule has 0 saturated heterocycles. The second-order valence-electron chi connectivity index (χ2n) is 8.78. The van der Waals surface area contributed by atoms with E-state index in [1.165, 1.54) is 22.4 Å². The summed E-state index contributed by atoms with van der Waals surface area (Å²) < 4.78 is 12.7. The van der Waals surface area contributed by atoms with Crippen LogP contribution >= 0.6 is 0 Å². The maximum Gasteiger partial charge on any atom is 0.330 e. The second-order valence-corrected chi connectivity index (χ2v) is 8.78. The Bertz CT molecular complexity index is 883. The fourth-order valence-electron chi connectivity index (χ4n) is 2.82. The highest BCUT2D eigenvalue weighted by atomic mass is 16.5. The molecule has 0 aliphatic carbocycles. The van der Waals surface area contributed by atoms with Crippen LogP contribution in [0.2, 0.25) is 0 Å². The fraction of sp³-hybridized carbons (Fsp3) is 0.565. The van der Waals surface area contributed by atoms with Crippen LogP contribution in [0.5, 0.6) is 5.75 Å². The van der Waals surface area contributed by atoms with E-state index in [9.17, 15) is 9.59 Å². The predicted octanol–water partition coefficient (Wildman–Crippen LogP) is 3.46. The highest BCUT2D eigenvalue weighted by Crippen LogP contribution is 2.22. The van der Waals surface area contributed by atoms with Crippen molar-refractivity contribution in [2.75, 3.05) is 19.8 Å². The fourth-order valence-corrected chi connectivity index (χ4v) is 2.82. The highest BCUT2D eigenvalue weighted by molar-refractivity contribution is 5.30. The van der Waals surface area contributed by atoms with Crippen LogP contribution in [0.4, 0.5) is 0 Å². The largest absolute Gasteiger partial charge is 0.493 e. The molecule has 0 saturated carbocycles. The van der Waals surface area contributed by atoms with Gasteiger partial charge in [-0.1, -0.05) is 32.9 Å². The highest BCUT2D eigenvalue weighted by Gasteiger charge is 2.12. The lowest BCUT2D eigenvalue weighted by atomic mass is 9.99. The normalized spacial score (nSPS) is 12.7. The zero-order valence-electron chi connectivity index (χ0n) is 18.6. The minimum absolute atomic E-state index is 0.138. The van der Waals surface area contributed by atoms with Gasteiger partial charge in [0.25, 0.3) is 5.56 Å². The Hall–Kier alpha value is -2.38. The van der Waals surface area contributed by atoms with Gasteiger partial charge in [-0.25, -0.2) is 4.79 Å². The van der Waals surface area contributed by atoms with Crippen molar-refractivity contribution in [3.63, 3.8) is 0 Å². The molecule has 2 aromatic rings. The van der Waals surface area contributed by atoms with Crippen LogP contribution in [0.3, 0.4) is 0 Å². The Kier molecular flexibility index (Phi) is 9.33. The number of unbranched alkanes of at least 4 members (excludes halogenated alkanes) is 2. The van der Waals surface area contributed by atoms with Gasteiger partial charge in [-0.3, -0.25) is 14.3 Å². The summed E-state index contributed by atoms with van der Waals surface area (Å²) in [6.45, 7) is 11.0. The zero-order chi connectivity index (χ0) is 22.0. The Labute approximate surface area is 178 Å². The molecule has 2 rings (SSSR count). The molecule has 0 amide bonds.